The first kappa shape index (κ1) is 11.9. The van der Waals surface area contributed by atoms with Gasteiger partial charge < -0.3 is 10.2 Å². The standard InChI is InChI=1S/C5H10O3.Mg.2H/c1-5(2,8)3-4(6)7;;;/h8H,3H2,1-2H3,(H,6,7);;;. The van der Waals surface area contributed by atoms with Crippen molar-refractivity contribution in [2.24, 2.45) is 0 Å². The average Bonchev–Trinajstić information content (AvgIpc) is 1.21. The second-order valence-corrected chi connectivity index (χ2v) is 2.38. The molecule has 0 spiro atoms. The zero-order chi connectivity index (χ0) is 6.78. The summed E-state index contributed by atoms with van der Waals surface area (Å²) in [5.74, 6) is -0.975. The number of carbonyl (C=O) groups is 1. The van der Waals surface area contributed by atoms with E-state index < -0.39 is 11.6 Å². The lowest BCUT2D eigenvalue weighted by atomic mass is 10.1. The van der Waals surface area contributed by atoms with Crippen molar-refractivity contribution in [1.82, 2.24) is 0 Å². The van der Waals surface area contributed by atoms with Gasteiger partial charge in [-0.1, -0.05) is 0 Å². The van der Waals surface area contributed by atoms with E-state index in [1.807, 2.05) is 0 Å². The van der Waals surface area contributed by atoms with Gasteiger partial charge in [0.2, 0.25) is 0 Å². The lowest BCUT2D eigenvalue weighted by Crippen LogP contribution is -2.22. The fourth-order valence-electron chi connectivity index (χ4n) is 0.370. The third-order valence-electron chi connectivity index (χ3n) is 0.584. The van der Waals surface area contributed by atoms with Crippen LogP contribution in [0.2, 0.25) is 0 Å². The van der Waals surface area contributed by atoms with Crippen molar-refractivity contribution in [3.63, 3.8) is 0 Å². The summed E-state index contributed by atoms with van der Waals surface area (Å²) in [4.78, 5) is 9.85. The van der Waals surface area contributed by atoms with Crippen molar-refractivity contribution in [3.8, 4) is 0 Å². The molecule has 2 N–H and O–H groups in total. The molecule has 0 amide bonds. The summed E-state index contributed by atoms with van der Waals surface area (Å²) in [5.41, 5.74) is -1.08. The van der Waals surface area contributed by atoms with Crippen molar-refractivity contribution < 1.29 is 15.0 Å². The Kier molecular flexibility index (Phi) is 5.41. The molecule has 9 heavy (non-hydrogen) atoms. The van der Waals surface area contributed by atoms with Crippen LogP contribution in [0.5, 0.6) is 0 Å². The molecule has 52 valence electrons. The van der Waals surface area contributed by atoms with Gasteiger partial charge >= 0.3 is 29.0 Å². The Morgan fingerprint density at radius 1 is 1.56 bits per heavy atom. The molecule has 0 aliphatic carbocycles. The van der Waals surface area contributed by atoms with Gasteiger partial charge in [-0.3, -0.25) is 4.79 Å². The maximum absolute atomic E-state index is 9.85. The van der Waals surface area contributed by atoms with Gasteiger partial charge in [-0.15, -0.1) is 0 Å². The second-order valence-electron chi connectivity index (χ2n) is 2.38. The largest absolute Gasteiger partial charge is 0.481 e. The monoisotopic (exact) mass is 144 g/mol. The van der Waals surface area contributed by atoms with Crippen LogP contribution in [0.15, 0.2) is 0 Å². The number of rotatable bonds is 2. The number of hydrogen-bond acceptors (Lipinski definition) is 2. The number of aliphatic carboxylic acids is 1. The Balaban J connectivity index is 0. The molecule has 0 aromatic rings. The SMILES string of the molecule is CC(C)(O)CC(=O)O.[MgH2]. The van der Waals surface area contributed by atoms with Crippen LogP contribution in [0.4, 0.5) is 0 Å². The molecule has 0 bridgehead atoms. The molecular weight excluding hydrogens is 132 g/mol. The van der Waals surface area contributed by atoms with Crippen molar-refractivity contribution >= 4 is 29.0 Å². The van der Waals surface area contributed by atoms with E-state index >= 15 is 0 Å². The van der Waals surface area contributed by atoms with E-state index in [0.29, 0.717) is 0 Å². The zero-order valence-electron chi connectivity index (χ0n) is 5.01. The quantitative estimate of drug-likeness (QED) is 0.505. The van der Waals surface area contributed by atoms with Gasteiger partial charge in [0.1, 0.15) is 0 Å². The summed E-state index contributed by atoms with van der Waals surface area (Å²) in [6, 6.07) is 0. The van der Waals surface area contributed by atoms with Crippen LogP contribution in [0.3, 0.4) is 0 Å². The summed E-state index contributed by atoms with van der Waals surface area (Å²) in [7, 11) is 0. The highest BCUT2D eigenvalue weighted by Crippen LogP contribution is 2.05. The minimum absolute atomic E-state index is 0. The van der Waals surface area contributed by atoms with Gasteiger partial charge in [0.25, 0.3) is 0 Å². The molecule has 0 fully saturated rings. The Bertz CT molecular complexity index is 94.9. The number of aliphatic hydroxyl groups is 1. The fraction of sp³-hybridized carbons (Fsp3) is 0.800. The fourth-order valence-corrected chi connectivity index (χ4v) is 0.370. The first-order valence-corrected chi connectivity index (χ1v) is 2.36. The molecule has 0 heterocycles. The summed E-state index contributed by atoms with van der Waals surface area (Å²) in [6.45, 7) is 2.92. The summed E-state index contributed by atoms with van der Waals surface area (Å²) in [6.07, 6.45) is -0.201. The molecule has 4 heteroatoms. The molecule has 0 aliphatic rings. The predicted molar refractivity (Wildman–Crippen MR) is 37.1 cm³/mol. The summed E-state index contributed by atoms with van der Waals surface area (Å²) >= 11 is 0. The Hall–Kier alpha value is 0.196. The van der Waals surface area contributed by atoms with Crippen molar-refractivity contribution in [1.29, 1.82) is 0 Å². The van der Waals surface area contributed by atoms with E-state index in [2.05, 4.69) is 0 Å². The van der Waals surface area contributed by atoms with E-state index in [4.69, 9.17) is 10.2 Å². The van der Waals surface area contributed by atoms with Crippen LogP contribution >= 0.6 is 0 Å². The van der Waals surface area contributed by atoms with Gasteiger partial charge in [0.05, 0.1) is 12.0 Å². The number of carboxylic acid groups (broad SMARTS) is 1. The topological polar surface area (TPSA) is 57.5 Å². The Morgan fingerprint density at radius 2 is 1.89 bits per heavy atom. The highest BCUT2D eigenvalue weighted by atomic mass is 24.3. The molecule has 0 aromatic heterocycles. The van der Waals surface area contributed by atoms with Gasteiger partial charge in [-0.25, -0.2) is 0 Å². The third kappa shape index (κ3) is 11.7. The molecule has 0 aromatic carbocycles. The van der Waals surface area contributed by atoms with E-state index in [-0.39, 0.29) is 29.5 Å². The van der Waals surface area contributed by atoms with E-state index in [1.165, 1.54) is 13.8 Å². The normalized spacial score (nSPS) is 10.1. The zero-order valence-corrected chi connectivity index (χ0v) is 5.01. The molecule has 0 saturated heterocycles. The van der Waals surface area contributed by atoms with Crippen molar-refractivity contribution in [2.75, 3.05) is 0 Å². The lowest BCUT2D eigenvalue weighted by Gasteiger charge is -2.12. The first-order chi connectivity index (χ1) is 3.42. The van der Waals surface area contributed by atoms with Gasteiger partial charge in [0.15, 0.2) is 0 Å². The Morgan fingerprint density at radius 3 is 1.89 bits per heavy atom. The third-order valence-corrected chi connectivity index (χ3v) is 0.584. The number of carboxylic acids is 1. The van der Waals surface area contributed by atoms with Gasteiger partial charge in [-0.2, -0.15) is 0 Å². The lowest BCUT2D eigenvalue weighted by molar-refractivity contribution is -0.141. The van der Waals surface area contributed by atoms with Gasteiger partial charge in [0, 0.05) is 0 Å². The smallest absolute Gasteiger partial charge is 0.316 e. The van der Waals surface area contributed by atoms with Crippen LogP contribution in [0.1, 0.15) is 20.3 Å². The van der Waals surface area contributed by atoms with Gasteiger partial charge in [-0.05, 0) is 13.8 Å². The molecular formula is C5H12MgO3. The number of hydrogen-bond donors (Lipinski definition) is 2. The van der Waals surface area contributed by atoms with E-state index in [1.54, 1.807) is 0 Å². The van der Waals surface area contributed by atoms with E-state index in [0.717, 1.165) is 0 Å². The predicted octanol–water partition coefficient (Wildman–Crippen LogP) is -0.684. The van der Waals surface area contributed by atoms with Crippen LogP contribution in [-0.2, 0) is 4.79 Å². The molecule has 0 aliphatic heterocycles. The van der Waals surface area contributed by atoms with Crippen molar-refractivity contribution in [2.45, 2.75) is 25.9 Å². The maximum atomic E-state index is 9.85. The van der Waals surface area contributed by atoms with Crippen LogP contribution in [0.25, 0.3) is 0 Å². The van der Waals surface area contributed by atoms with Crippen LogP contribution < -0.4 is 0 Å². The maximum Gasteiger partial charge on any atom is 0.316 e. The Labute approximate surface area is 70.2 Å². The highest BCUT2D eigenvalue weighted by molar-refractivity contribution is 5.75. The highest BCUT2D eigenvalue weighted by Gasteiger charge is 2.16. The van der Waals surface area contributed by atoms with Crippen molar-refractivity contribution in [3.05, 3.63) is 0 Å². The molecule has 0 atom stereocenters. The molecule has 3 nitrogen and oxygen atoms in total. The molecule has 0 rings (SSSR count). The molecule has 0 saturated carbocycles. The van der Waals surface area contributed by atoms with Crippen LogP contribution in [-0.4, -0.2) is 44.8 Å². The summed E-state index contributed by atoms with van der Waals surface area (Å²) < 4.78 is 0. The minimum Gasteiger partial charge on any atom is -0.481 e. The van der Waals surface area contributed by atoms with Crippen LogP contribution in [0, 0.1) is 0 Å². The second kappa shape index (κ2) is 4.08. The average molecular weight is 144 g/mol. The summed E-state index contributed by atoms with van der Waals surface area (Å²) in [5, 5.41) is 16.9. The molecule has 0 unspecified atom stereocenters. The molecule has 0 radical (unpaired) electrons. The minimum atomic E-state index is -1.08. The first-order valence-electron chi connectivity index (χ1n) is 2.36. The van der Waals surface area contributed by atoms with E-state index in [9.17, 15) is 4.79 Å².